The molecule has 1 rings (SSSR count). The van der Waals surface area contributed by atoms with E-state index in [1.165, 1.54) is 6.07 Å². The van der Waals surface area contributed by atoms with Crippen molar-refractivity contribution >= 4 is 23.2 Å². The fourth-order valence-electron chi connectivity index (χ4n) is 0.542. The first-order valence-corrected chi connectivity index (χ1v) is 3.20. The zero-order chi connectivity index (χ0) is 7.72. The highest BCUT2D eigenvalue weighted by Gasteiger charge is 2.05. The van der Waals surface area contributed by atoms with E-state index < -0.39 is 11.6 Å². The molecule has 54 valence electrons. The number of hydrogen-bond donors (Lipinski definition) is 1. The number of benzene rings is 1. The van der Waals surface area contributed by atoms with E-state index in [-0.39, 0.29) is 10.0 Å². The van der Waals surface area contributed by atoms with Gasteiger partial charge in [0.05, 0.1) is 5.02 Å². The summed E-state index contributed by atoms with van der Waals surface area (Å²) in [6.07, 6.45) is 0. The number of phenolic OH excluding ortho intramolecular Hbond substituents is 1. The van der Waals surface area contributed by atoms with Crippen molar-refractivity contribution in [2.24, 2.45) is 0 Å². The number of hydrogen-bond acceptors (Lipinski definition) is 1. The summed E-state index contributed by atoms with van der Waals surface area (Å²) in [5.41, 5.74) is 0. The number of phenols is 1. The molecule has 0 fully saturated rings. The van der Waals surface area contributed by atoms with Gasteiger partial charge in [0.25, 0.3) is 0 Å². The van der Waals surface area contributed by atoms with E-state index in [0.717, 1.165) is 6.07 Å². The van der Waals surface area contributed by atoms with Crippen LogP contribution in [0, 0.1) is 5.82 Å². The zero-order valence-electron chi connectivity index (χ0n) is 4.74. The summed E-state index contributed by atoms with van der Waals surface area (Å²) in [7, 11) is 0. The Hall–Kier alpha value is -0.470. The molecule has 0 aliphatic carbocycles. The molecule has 0 unspecified atom stereocenters. The van der Waals surface area contributed by atoms with Crippen molar-refractivity contribution in [3.8, 4) is 5.75 Å². The number of aromatic hydroxyl groups is 1. The summed E-state index contributed by atoms with van der Waals surface area (Å²) in [4.78, 5) is 0. The van der Waals surface area contributed by atoms with Gasteiger partial charge < -0.3 is 5.11 Å². The van der Waals surface area contributed by atoms with E-state index in [2.05, 4.69) is 0 Å². The lowest BCUT2D eigenvalue weighted by Crippen LogP contribution is -1.77. The lowest BCUT2D eigenvalue weighted by molar-refractivity contribution is 0.432. The van der Waals surface area contributed by atoms with Crippen LogP contribution in [-0.4, -0.2) is 5.11 Å². The van der Waals surface area contributed by atoms with Crippen LogP contribution in [0.3, 0.4) is 0 Å². The molecule has 0 saturated heterocycles. The highest BCUT2D eigenvalue weighted by molar-refractivity contribution is 6.34. The minimum absolute atomic E-state index is 0.176. The molecule has 1 N–H and O–H groups in total. The largest absolute Gasteiger partial charge is 0.505 e. The third-order valence-corrected chi connectivity index (χ3v) is 1.47. The van der Waals surface area contributed by atoms with Crippen molar-refractivity contribution in [2.75, 3.05) is 0 Å². The highest BCUT2D eigenvalue weighted by Crippen LogP contribution is 2.27. The Bertz CT molecular complexity index is 239. The Labute approximate surface area is 67.0 Å². The molecule has 1 aromatic carbocycles. The molecule has 0 aromatic heterocycles. The molecule has 1 aromatic rings. The third kappa shape index (κ3) is 1.33. The van der Waals surface area contributed by atoms with Gasteiger partial charge in [0.15, 0.2) is 11.6 Å². The predicted octanol–water partition coefficient (Wildman–Crippen LogP) is 2.84. The van der Waals surface area contributed by atoms with Crippen LogP contribution in [0.5, 0.6) is 5.75 Å². The van der Waals surface area contributed by atoms with E-state index in [0.29, 0.717) is 0 Å². The topological polar surface area (TPSA) is 20.2 Å². The van der Waals surface area contributed by atoms with E-state index >= 15 is 0 Å². The Balaban J connectivity index is 3.31. The molecule has 0 aliphatic heterocycles. The first-order valence-electron chi connectivity index (χ1n) is 2.45. The molecule has 1 nitrogen and oxygen atoms in total. The highest BCUT2D eigenvalue weighted by atomic mass is 35.5. The first kappa shape index (κ1) is 7.63. The van der Waals surface area contributed by atoms with Gasteiger partial charge in [0.2, 0.25) is 0 Å². The van der Waals surface area contributed by atoms with Gasteiger partial charge >= 0.3 is 0 Å². The normalized spacial score (nSPS) is 9.90. The van der Waals surface area contributed by atoms with E-state index in [4.69, 9.17) is 28.3 Å². The molecular weight excluding hydrogens is 178 g/mol. The van der Waals surface area contributed by atoms with Crippen molar-refractivity contribution in [1.29, 1.82) is 0 Å². The van der Waals surface area contributed by atoms with Crippen LogP contribution in [-0.2, 0) is 0 Å². The van der Waals surface area contributed by atoms with Gasteiger partial charge in [-0.05, 0) is 6.07 Å². The fourth-order valence-corrected chi connectivity index (χ4v) is 1.03. The maximum Gasteiger partial charge on any atom is 0.183 e. The van der Waals surface area contributed by atoms with E-state index in [1.54, 1.807) is 0 Å². The smallest absolute Gasteiger partial charge is 0.183 e. The van der Waals surface area contributed by atoms with Crippen molar-refractivity contribution in [3.63, 3.8) is 0 Å². The van der Waals surface area contributed by atoms with Crippen LogP contribution >= 0.6 is 23.2 Å². The minimum atomic E-state index is -0.842. The second-order valence-electron chi connectivity index (χ2n) is 1.72. The van der Waals surface area contributed by atoms with Crippen LogP contribution in [0.15, 0.2) is 12.1 Å². The number of halogens is 3. The fraction of sp³-hybridized carbons (Fsp3) is 0. The molecule has 0 bridgehead atoms. The minimum Gasteiger partial charge on any atom is -0.505 e. The second kappa shape index (κ2) is 2.64. The van der Waals surface area contributed by atoms with Crippen molar-refractivity contribution in [1.82, 2.24) is 0 Å². The average molecular weight is 181 g/mol. The van der Waals surface area contributed by atoms with Crippen molar-refractivity contribution in [3.05, 3.63) is 28.0 Å². The van der Waals surface area contributed by atoms with Gasteiger partial charge in [-0.1, -0.05) is 23.2 Å². The number of rotatable bonds is 0. The van der Waals surface area contributed by atoms with Gasteiger partial charge in [0.1, 0.15) is 0 Å². The van der Waals surface area contributed by atoms with Gasteiger partial charge in [-0.3, -0.25) is 0 Å². The molecule has 0 radical (unpaired) electrons. The summed E-state index contributed by atoms with van der Waals surface area (Å²) in [6.45, 7) is 0. The molecule has 0 spiro atoms. The predicted molar refractivity (Wildman–Crippen MR) is 38.1 cm³/mol. The quantitative estimate of drug-likeness (QED) is 0.610. The molecular formula is C6H3Cl2FO. The first-order chi connectivity index (χ1) is 4.61. The van der Waals surface area contributed by atoms with Crippen LogP contribution in [0.4, 0.5) is 4.39 Å². The average Bonchev–Trinajstić information content (AvgIpc) is 1.82. The lowest BCUT2D eigenvalue weighted by Gasteiger charge is -1.96. The van der Waals surface area contributed by atoms with Crippen LogP contribution in [0.2, 0.25) is 10.0 Å². The van der Waals surface area contributed by atoms with Crippen molar-refractivity contribution in [2.45, 2.75) is 0 Å². The van der Waals surface area contributed by atoms with Crippen LogP contribution in [0.25, 0.3) is 0 Å². The van der Waals surface area contributed by atoms with Gasteiger partial charge in [-0.15, -0.1) is 0 Å². The molecule has 10 heavy (non-hydrogen) atoms. The molecule has 0 saturated carbocycles. The molecule has 0 heterocycles. The summed E-state index contributed by atoms with van der Waals surface area (Å²) in [6, 6.07) is 2.31. The van der Waals surface area contributed by atoms with E-state index in [9.17, 15) is 4.39 Å². The summed E-state index contributed by atoms with van der Waals surface area (Å²) in [5, 5.41) is 8.77. The van der Waals surface area contributed by atoms with Crippen molar-refractivity contribution < 1.29 is 9.50 Å². The Kier molecular flexibility index (Phi) is 2.02. The van der Waals surface area contributed by atoms with Gasteiger partial charge in [0, 0.05) is 11.1 Å². The Morgan fingerprint density at radius 3 is 2.40 bits per heavy atom. The van der Waals surface area contributed by atoms with Gasteiger partial charge in [-0.25, -0.2) is 4.39 Å². The summed E-state index contributed by atoms with van der Waals surface area (Å²) >= 11 is 10.7. The molecule has 0 amide bonds. The monoisotopic (exact) mass is 180 g/mol. The van der Waals surface area contributed by atoms with Crippen LogP contribution in [0.1, 0.15) is 0 Å². The Morgan fingerprint density at radius 1 is 1.30 bits per heavy atom. The molecule has 4 heteroatoms. The maximum atomic E-state index is 12.5. The standard InChI is InChI=1S/C6H3Cl2FO/c7-3-1-4(8)6(9)5(10)2-3/h1-2,10H. The second-order valence-corrected chi connectivity index (χ2v) is 2.56. The van der Waals surface area contributed by atoms with E-state index in [1.807, 2.05) is 0 Å². The molecule has 0 atom stereocenters. The SMILES string of the molecule is Oc1cc(Cl)cc(Cl)c1F. The van der Waals surface area contributed by atoms with Gasteiger partial charge in [-0.2, -0.15) is 0 Å². The summed E-state index contributed by atoms with van der Waals surface area (Å²) < 4.78 is 12.5. The maximum absolute atomic E-state index is 12.5. The lowest BCUT2D eigenvalue weighted by atomic mass is 10.3. The van der Waals surface area contributed by atoms with Crippen LogP contribution < -0.4 is 0 Å². The summed E-state index contributed by atoms with van der Waals surface area (Å²) in [5.74, 6) is -1.37. The third-order valence-electron chi connectivity index (χ3n) is 0.974. The zero-order valence-corrected chi connectivity index (χ0v) is 6.25. The Morgan fingerprint density at radius 2 is 1.90 bits per heavy atom. The molecule has 0 aliphatic rings.